The van der Waals surface area contributed by atoms with Gasteiger partial charge in [-0.3, -0.25) is 14.3 Å². The van der Waals surface area contributed by atoms with Gasteiger partial charge in [-0.15, -0.1) is 11.3 Å². The van der Waals surface area contributed by atoms with Crippen LogP contribution in [-0.4, -0.2) is 27.2 Å². The van der Waals surface area contributed by atoms with Crippen LogP contribution in [0.25, 0.3) is 10.2 Å². The summed E-state index contributed by atoms with van der Waals surface area (Å²) >= 11 is 1.41. The van der Waals surface area contributed by atoms with Gasteiger partial charge in [0.05, 0.1) is 17.6 Å². The number of ether oxygens (including phenoxy) is 1. The van der Waals surface area contributed by atoms with Crippen LogP contribution in [0.2, 0.25) is 0 Å². The molecule has 7 nitrogen and oxygen atoms in total. The number of aromatic nitrogens is 2. The molecule has 3 aromatic rings. The molecule has 0 aliphatic heterocycles. The lowest BCUT2D eigenvalue weighted by atomic mass is 10.2. The molecule has 0 fully saturated rings. The maximum absolute atomic E-state index is 12.6. The fourth-order valence-corrected chi connectivity index (χ4v) is 3.72. The average Bonchev–Trinajstić information content (AvgIpc) is 2.88. The summed E-state index contributed by atoms with van der Waals surface area (Å²) in [5.74, 6) is -0.458. The van der Waals surface area contributed by atoms with E-state index in [0.717, 1.165) is 10.4 Å². The molecule has 0 aliphatic carbocycles. The zero-order valence-electron chi connectivity index (χ0n) is 14.4. The molecule has 0 bridgehead atoms. The topological polar surface area (TPSA) is 101 Å². The van der Waals surface area contributed by atoms with Gasteiger partial charge in [0, 0.05) is 11.4 Å². The zero-order valence-corrected chi connectivity index (χ0v) is 15.2. The molecule has 0 saturated carbocycles. The van der Waals surface area contributed by atoms with Gasteiger partial charge in [-0.25, -0.2) is 9.59 Å². The third kappa shape index (κ3) is 3.41. The number of nitrogens with one attached hydrogen (secondary N) is 1. The number of carboxylic acid groups (broad SMARTS) is 1. The maximum atomic E-state index is 12.6. The minimum absolute atomic E-state index is 0.185. The van der Waals surface area contributed by atoms with Gasteiger partial charge in [0.1, 0.15) is 10.6 Å². The van der Waals surface area contributed by atoms with E-state index in [-0.39, 0.29) is 17.7 Å². The van der Waals surface area contributed by atoms with E-state index in [2.05, 4.69) is 4.98 Å². The maximum Gasteiger partial charge on any atom is 0.335 e. The SMILES string of the molecule is Cc1sc2[nH]c(=O)n(CCCOc3ccc(C(=O)O)cc3)c(=O)c2c1C. The highest BCUT2D eigenvalue weighted by atomic mass is 32.1. The van der Waals surface area contributed by atoms with Crippen molar-refractivity contribution >= 4 is 27.5 Å². The van der Waals surface area contributed by atoms with Crippen LogP contribution in [0.15, 0.2) is 33.9 Å². The van der Waals surface area contributed by atoms with Gasteiger partial charge in [0.15, 0.2) is 0 Å². The van der Waals surface area contributed by atoms with Crippen LogP contribution in [0.5, 0.6) is 5.75 Å². The van der Waals surface area contributed by atoms with Crippen molar-refractivity contribution in [3.8, 4) is 5.75 Å². The number of aromatic amines is 1. The molecule has 0 amide bonds. The number of carboxylic acids is 1. The number of aryl methyl sites for hydroxylation is 2. The summed E-state index contributed by atoms with van der Waals surface area (Å²) in [6.45, 7) is 4.34. The lowest BCUT2D eigenvalue weighted by molar-refractivity contribution is 0.0697. The van der Waals surface area contributed by atoms with Gasteiger partial charge in [-0.2, -0.15) is 0 Å². The lowest BCUT2D eigenvalue weighted by Crippen LogP contribution is -2.35. The van der Waals surface area contributed by atoms with E-state index in [1.165, 1.54) is 28.0 Å². The van der Waals surface area contributed by atoms with Gasteiger partial charge >= 0.3 is 11.7 Å². The van der Waals surface area contributed by atoms with Gasteiger partial charge < -0.3 is 9.84 Å². The van der Waals surface area contributed by atoms with Crippen molar-refractivity contribution in [3.05, 3.63) is 61.1 Å². The van der Waals surface area contributed by atoms with Crippen molar-refractivity contribution in [3.63, 3.8) is 0 Å². The average molecular weight is 374 g/mol. The Kier molecular flexibility index (Phi) is 4.94. The van der Waals surface area contributed by atoms with Crippen molar-refractivity contribution in [1.82, 2.24) is 9.55 Å². The minimum Gasteiger partial charge on any atom is -0.494 e. The first-order chi connectivity index (χ1) is 12.4. The molecule has 0 atom stereocenters. The standard InChI is InChI=1S/C18H18N2O5S/c1-10-11(2)26-15-14(10)16(21)20(18(24)19-15)8-3-9-25-13-6-4-12(5-7-13)17(22)23/h4-7H,3,8-9H2,1-2H3,(H,19,24)(H,22,23). The Bertz CT molecular complexity index is 1080. The molecule has 1 aromatic carbocycles. The lowest BCUT2D eigenvalue weighted by Gasteiger charge is -2.08. The Balaban J connectivity index is 1.68. The van der Waals surface area contributed by atoms with E-state index >= 15 is 0 Å². The largest absolute Gasteiger partial charge is 0.494 e. The normalized spacial score (nSPS) is 11.0. The van der Waals surface area contributed by atoms with E-state index in [1.54, 1.807) is 12.1 Å². The molecule has 2 N–H and O–H groups in total. The first kappa shape index (κ1) is 17.9. The van der Waals surface area contributed by atoms with E-state index in [0.29, 0.717) is 29.0 Å². The summed E-state index contributed by atoms with van der Waals surface area (Å²) in [6, 6.07) is 6.07. The highest BCUT2D eigenvalue weighted by molar-refractivity contribution is 7.18. The molecule has 0 saturated heterocycles. The van der Waals surface area contributed by atoms with Crippen LogP contribution < -0.4 is 16.0 Å². The number of hydrogen-bond donors (Lipinski definition) is 2. The van der Waals surface area contributed by atoms with Crippen molar-refractivity contribution in [2.45, 2.75) is 26.8 Å². The molecule has 2 aromatic heterocycles. The van der Waals surface area contributed by atoms with Crippen molar-refractivity contribution in [2.75, 3.05) is 6.61 Å². The second-order valence-electron chi connectivity index (χ2n) is 5.91. The third-order valence-corrected chi connectivity index (χ3v) is 5.33. The summed E-state index contributed by atoms with van der Waals surface area (Å²) < 4.78 is 6.73. The molecule has 0 aliphatic rings. The van der Waals surface area contributed by atoms with Gasteiger partial charge in [0.25, 0.3) is 5.56 Å². The van der Waals surface area contributed by atoms with Crippen LogP contribution >= 0.6 is 11.3 Å². The summed E-state index contributed by atoms with van der Waals surface area (Å²) in [4.78, 5) is 40.0. The van der Waals surface area contributed by atoms with Crippen LogP contribution in [0.1, 0.15) is 27.2 Å². The number of aromatic carboxylic acids is 1. The van der Waals surface area contributed by atoms with Crippen LogP contribution in [0.3, 0.4) is 0 Å². The number of thiophene rings is 1. The smallest absolute Gasteiger partial charge is 0.335 e. The highest BCUT2D eigenvalue weighted by Crippen LogP contribution is 2.24. The molecular weight excluding hydrogens is 356 g/mol. The third-order valence-electron chi connectivity index (χ3n) is 4.21. The molecule has 8 heteroatoms. The molecular formula is C18H18N2O5S. The van der Waals surface area contributed by atoms with Gasteiger partial charge in [0.2, 0.25) is 0 Å². The molecule has 2 heterocycles. The highest BCUT2D eigenvalue weighted by Gasteiger charge is 2.13. The van der Waals surface area contributed by atoms with Gasteiger partial charge in [-0.1, -0.05) is 0 Å². The number of fused-ring (bicyclic) bond motifs is 1. The van der Waals surface area contributed by atoms with Crippen molar-refractivity contribution in [1.29, 1.82) is 0 Å². The Morgan fingerprint density at radius 2 is 1.92 bits per heavy atom. The molecule has 3 rings (SSSR count). The Hall–Kier alpha value is -2.87. The van der Waals surface area contributed by atoms with E-state index in [4.69, 9.17) is 9.84 Å². The molecule has 136 valence electrons. The quantitative estimate of drug-likeness (QED) is 0.646. The fraction of sp³-hybridized carbons (Fsp3) is 0.278. The summed E-state index contributed by atoms with van der Waals surface area (Å²) in [6.07, 6.45) is 0.470. The van der Waals surface area contributed by atoms with E-state index in [9.17, 15) is 14.4 Å². The second-order valence-corrected chi connectivity index (χ2v) is 7.13. The van der Waals surface area contributed by atoms with Crippen molar-refractivity contribution in [2.24, 2.45) is 0 Å². The van der Waals surface area contributed by atoms with Gasteiger partial charge in [-0.05, 0) is 50.1 Å². The summed E-state index contributed by atoms with van der Waals surface area (Å²) in [7, 11) is 0. The fourth-order valence-electron chi connectivity index (χ4n) is 2.67. The Morgan fingerprint density at radius 3 is 2.58 bits per heavy atom. The molecule has 0 radical (unpaired) electrons. The van der Waals surface area contributed by atoms with Crippen molar-refractivity contribution < 1.29 is 14.6 Å². The monoisotopic (exact) mass is 374 g/mol. The van der Waals surface area contributed by atoms with E-state index in [1.807, 2.05) is 13.8 Å². The number of benzene rings is 1. The predicted octanol–water partition coefficient (Wildman–Crippen LogP) is 2.54. The first-order valence-electron chi connectivity index (χ1n) is 8.07. The predicted molar refractivity (Wildman–Crippen MR) is 99.7 cm³/mol. The molecule has 0 spiro atoms. The number of carbonyl (C=O) groups is 1. The van der Waals surface area contributed by atoms with Crippen LogP contribution in [0, 0.1) is 13.8 Å². The summed E-state index contributed by atoms with van der Waals surface area (Å²) in [5, 5.41) is 9.43. The number of nitrogens with zero attached hydrogens (tertiary/aromatic N) is 1. The summed E-state index contributed by atoms with van der Waals surface area (Å²) in [5.41, 5.74) is 0.380. The second kappa shape index (κ2) is 7.17. The molecule has 26 heavy (non-hydrogen) atoms. The Morgan fingerprint density at radius 1 is 1.23 bits per heavy atom. The van der Waals surface area contributed by atoms with Crippen LogP contribution in [0.4, 0.5) is 0 Å². The molecule has 0 unspecified atom stereocenters. The van der Waals surface area contributed by atoms with E-state index < -0.39 is 11.7 Å². The number of rotatable bonds is 6. The Labute approximate surface area is 152 Å². The van der Waals surface area contributed by atoms with Crippen LogP contribution in [-0.2, 0) is 6.54 Å². The minimum atomic E-state index is -0.996. The number of hydrogen-bond acceptors (Lipinski definition) is 5. The zero-order chi connectivity index (χ0) is 18.8. The number of H-pyrrole nitrogens is 1. The first-order valence-corrected chi connectivity index (χ1v) is 8.89.